The molecule has 0 bridgehead atoms. The number of ketones is 1. The van der Waals surface area contributed by atoms with Gasteiger partial charge >= 0.3 is 17.9 Å². The van der Waals surface area contributed by atoms with Gasteiger partial charge in [0.25, 0.3) is 0 Å². The molecule has 194 valence electrons. The van der Waals surface area contributed by atoms with Gasteiger partial charge in [0, 0.05) is 42.9 Å². The summed E-state index contributed by atoms with van der Waals surface area (Å²) in [6.45, 7) is 14.3. The molecule has 0 aliphatic heterocycles. The van der Waals surface area contributed by atoms with Crippen LogP contribution >= 0.6 is 0 Å². The zero-order valence-electron chi connectivity index (χ0n) is 21.4. The molecule has 0 heterocycles. The van der Waals surface area contributed by atoms with Crippen LogP contribution in [0.4, 0.5) is 0 Å². The topological polar surface area (TPSA) is 136 Å². The van der Waals surface area contributed by atoms with Gasteiger partial charge in [-0.1, -0.05) is 33.8 Å². The highest BCUT2D eigenvalue weighted by Crippen LogP contribution is 2.66. The largest absolute Gasteiger partial charge is 0.459 e. The fraction of sp³-hybridized carbons (Fsp3) is 0.692. The second kappa shape index (κ2) is 8.55. The normalized spacial score (nSPS) is 42.0. The molecule has 2 N–H and O–H groups in total. The number of Topliss-reactive ketones (excluding diaryl/α,β-unsaturated/α-hetero) is 1. The number of rotatable bonds is 4. The van der Waals surface area contributed by atoms with Crippen LogP contribution < -0.4 is 0 Å². The van der Waals surface area contributed by atoms with Crippen LogP contribution in [0.5, 0.6) is 0 Å². The number of hydrogen-bond acceptors (Lipinski definition) is 9. The van der Waals surface area contributed by atoms with Crippen LogP contribution in [0.2, 0.25) is 0 Å². The molecule has 0 aromatic rings. The Hall–Kier alpha value is -2.52. The first-order valence-electron chi connectivity index (χ1n) is 11.8. The van der Waals surface area contributed by atoms with Gasteiger partial charge in [0.05, 0.1) is 6.10 Å². The van der Waals surface area contributed by atoms with E-state index in [0.717, 1.165) is 0 Å². The lowest BCUT2D eigenvalue weighted by molar-refractivity contribution is -0.304. The number of carbonyl (C=O) groups excluding carboxylic acids is 4. The zero-order chi connectivity index (χ0) is 26.7. The van der Waals surface area contributed by atoms with Gasteiger partial charge in [-0.05, 0) is 24.8 Å². The predicted octanol–water partition coefficient (Wildman–Crippen LogP) is 2.24. The molecule has 3 rings (SSSR count). The molecule has 0 radical (unpaired) electrons. The van der Waals surface area contributed by atoms with Crippen molar-refractivity contribution in [2.24, 2.45) is 28.1 Å². The minimum atomic E-state index is -2.04. The summed E-state index contributed by atoms with van der Waals surface area (Å²) in [5, 5.41) is 24.0. The first-order valence-corrected chi connectivity index (χ1v) is 11.8. The van der Waals surface area contributed by atoms with Crippen molar-refractivity contribution in [2.75, 3.05) is 0 Å². The maximum absolute atomic E-state index is 13.3. The van der Waals surface area contributed by atoms with Gasteiger partial charge in [-0.2, -0.15) is 0 Å². The number of ether oxygens (including phenoxy) is 3. The predicted molar refractivity (Wildman–Crippen MR) is 123 cm³/mol. The Labute approximate surface area is 205 Å². The minimum absolute atomic E-state index is 0.0450. The number of allylic oxidation sites excluding steroid dienone is 2. The van der Waals surface area contributed by atoms with E-state index in [1.165, 1.54) is 32.9 Å². The second-order valence-corrected chi connectivity index (χ2v) is 11.2. The van der Waals surface area contributed by atoms with Crippen molar-refractivity contribution < 1.29 is 43.6 Å². The molecule has 0 spiro atoms. The molecule has 9 heteroatoms. The van der Waals surface area contributed by atoms with Crippen molar-refractivity contribution in [1.82, 2.24) is 0 Å². The summed E-state index contributed by atoms with van der Waals surface area (Å²) in [7, 11) is 0. The number of esters is 3. The molecule has 3 aliphatic rings. The molecule has 3 aliphatic carbocycles. The van der Waals surface area contributed by atoms with Crippen molar-refractivity contribution in [2.45, 2.75) is 85.2 Å². The summed E-state index contributed by atoms with van der Waals surface area (Å²) in [6, 6.07) is 0. The van der Waals surface area contributed by atoms with Crippen LogP contribution in [-0.2, 0) is 33.4 Å². The summed E-state index contributed by atoms with van der Waals surface area (Å²) in [5.41, 5.74) is -5.30. The van der Waals surface area contributed by atoms with Crippen LogP contribution in [0, 0.1) is 28.1 Å². The van der Waals surface area contributed by atoms with Gasteiger partial charge in [0.1, 0.15) is 17.8 Å². The monoisotopic (exact) mass is 492 g/mol. The van der Waals surface area contributed by atoms with Crippen molar-refractivity contribution in [3.8, 4) is 0 Å². The molecule has 9 nitrogen and oxygen atoms in total. The van der Waals surface area contributed by atoms with Crippen molar-refractivity contribution in [3.63, 3.8) is 0 Å². The van der Waals surface area contributed by atoms with Gasteiger partial charge < -0.3 is 24.4 Å². The lowest BCUT2D eigenvalue weighted by Crippen LogP contribution is -2.77. The smallest absolute Gasteiger partial charge is 0.308 e. The Morgan fingerprint density at radius 2 is 1.63 bits per heavy atom. The van der Waals surface area contributed by atoms with E-state index >= 15 is 0 Å². The maximum atomic E-state index is 13.3. The Morgan fingerprint density at radius 1 is 1.06 bits per heavy atom. The fourth-order valence-corrected chi connectivity index (χ4v) is 7.08. The Bertz CT molecular complexity index is 997. The maximum Gasteiger partial charge on any atom is 0.308 e. The van der Waals surface area contributed by atoms with Gasteiger partial charge in [-0.3, -0.25) is 19.2 Å². The van der Waals surface area contributed by atoms with E-state index in [9.17, 15) is 29.4 Å². The minimum Gasteiger partial charge on any atom is -0.459 e. The molecule has 0 aromatic heterocycles. The average Bonchev–Trinajstić information content (AvgIpc) is 2.70. The van der Waals surface area contributed by atoms with E-state index < -0.39 is 75.7 Å². The van der Waals surface area contributed by atoms with E-state index in [1.807, 2.05) is 0 Å². The third-order valence-electron chi connectivity index (χ3n) is 8.37. The van der Waals surface area contributed by atoms with Crippen LogP contribution in [0.15, 0.2) is 24.5 Å². The quantitative estimate of drug-likeness (QED) is 0.344. The highest BCUT2D eigenvalue weighted by atomic mass is 16.6. The molecule has 2 saturated carbocycles. The van der Waals surface area contributed by atoms with Gasteiger partial charge in [-0.15, -0.1) is 6.58 Å². The SMILES string of the molecule is C=CC1(C)CC(O)C2C3(C)C=C(OC(C)=O)C(=O)C(C)(C)C3CC(OC(C)=O)C2(O)C1OC(C)=O. The molecule has 0 saturated heterocycles. The van der Waals surface area contributed by atoms with Gasteiger partial charge in [-0.25, -0.2) is 0 Å². The molecule has 8 unspecified atom stereocenters. The number of carbonyl (C=O) groups is 4. The molecule has 35 heavy (non-hydrogen) atoms. The van der Waals surface area contributed by atoms with Crippen molar-refractivity contribution in [3.05, 3.63) is 24.5 Å². The molecular weight excluding hydrogens is 456 g/mol. The fourth-order valence-electron chi connectivity index (χ4n) is 7.08. The lowest BCUT2D eigenvalue weighted by atomic mass is 9.41. The summed E-state index contributed by atoms with van der Waals surface area (Å²) in [5.74, 6) is -4.12. The molecule has 0 aromatic carbocycles. The molecule has 2 fully saturated rings. The number of fused-ring (bicyclic) bond motifs is 3. The Balaban J connectivity index is 2.34. The van der Waals surface area contributed by atoms with Crippen molar-refractivity contribution >= 4 is 23.7 Å². The first kappa shape index (κ1) is 27.1. The Morgan fingerprint density at radius 3 is 2.11 bits per heavy atom. The first-order chi connectivity index (χ1) is 15.9. The molecule has 8 atom stereocenters. The highest BCUT2D eigenvalue weighted by Gasteiger charge is 2.74. The average molecular weight is 493 g/mol. The van der Waals surface area contributed by atoms with Crippen LogP contribution in [0.1, 0.15) is 61.3 Å². The molecule has 0 amide bonds. The summed E-state index contributed by atoms with van der Waals surface area (Å²) < 4.78 is 16.6. The summed E-state index contributed by atoms with van der Waals surface area (Å²) >= 11 is 0. The van der Waals surface area contributed by atoms with E-state index in [4.69, 9.17) is 14.2 Å². The number of aliphatic hydroxyl groups excluding tert-OH is 1. The van der Waals surface area contributed by atoms with E-state index in [1.54, 1.807) is 27.7 Å². The number of hydrogen-bond donors (Lipinski definition) is 2. The molecular formula is C26H36O9. The number of aliphatic hydroxyl groups is 2. The van der Waals surface area contributed by atoms with Crippen LogP contribution in [0.25, 0.3) is 0 Å². The van der Waals surface area contributed by atoms with Crippen molar-refractivity contribution in [1.29, 1.82) is 0 Å². The van der Waals surface area contributed by atoms with E-state index in [2.05, 4.69) is 6.58 Å². The second-order valence-electron chi connectivity index (χ2n) is 11.2. The van der Waals surface area contributed by atoms with E-state index in [-0.39, 0.29) is 18.6 Å². The highest BCUT2D eigenvalue weighted by molar-refractivity contribution is 6.00. The van der Waals surface area contributed by atoms with Gasteiger partial charge in [0.2, 0.25) is 5.78 Å². The zero-order valence-corrected chi connectivity index (χ0v) is 21.4. The third-order valence-corrected chi connectivity index (χ3v) is 8.37. The standard InChI is InChI=1S/C26H36O9/c1-9-24(7)11-16(30)20-25(8)12-17(33-13(2)27)21(31)23(5,6)18(25)10-19(34-14(3)28)26(20,32)22(24)35-15(4)29/h9,12,16,18-20,22,30,32H,1,10-11H2,2-8H3. The van der Waals surface area contributed by atoms with Gasteiger partial charge in [0.15, 0.2) is 5.76 Å². The lowest BCUT2D eigenvalue weighted by Gasteiger charge is -2.66. The van der Waals surface area contributed by atoms with Crippen LogP contribution in [0.3, 0.4) is 0 Å². The summed E-state index contributed by atoms with van der Waals surface area (Å²) in [4.78, 5) is 49.4. The van der Waals surface area contributed by atoms with Crippen LogP contribution in [-0.4, -0.2) is 57.8 Å². The Kier molecular flexibility index (Phi) is 6.62. The summed E-state index contributed by atoms with van der Waals surface area (Å²) in [6.07, 6.45) is -0.433. The third kappa shape index (κ3) is 4.02. The van der Waals surface area contributed by atoms with E-state index in [0.29, 0.717) is 0 Å².